The van der Waals surface area contributed by atoms with Crippen LogP contribution >= 0.6 is 23.2 Å². The highest BCUT2D eigenvalue weighted by molar-refractivity contribution is 6.31. The Balaban J connectivity index is 2.16. The molecule has 5 heteroatoms. The van der Waals surface area contributed by atoms with Crippen LogP contribution in [0.2, 0.25) is 10.0 Å². The number of rotatable bonds is 6. The summed E-state index contributed by atoms with van der Waals surface area (Å²) in [5.74, 6) is 0.298. The molecule has 0 unspecified atom stereocenters. The maximum absolute atomic E-state index is 13.7. The summed E-state index contributed by atoms with van der Waals surface area (Å²) < 4.78 is 19.4. The molecule has 0 radical (unpaired) electrons. The number of halogens is 3. The van der Waals surface area contributed by atoms with Gasteiger partial charge in [0, 0.05) is 10.6 Å². The molecule has 2 aromatic carbocycles. The highest BCUT2D eigenvalue weighted by Gasteiger charge is 2.10. The minimum absolute atomic E-state index is 0.0722. The summed E-state index contributed by atoms with van der Waals surface area (Å²) >= 11 is 12.0. The predicted molar refractivity (Wildman–Crippen MR) is 84.6 cm³/mol. The van der Waals surface area contributed by atoms with Crippen LogP contribution in [0.5, 0.6) is 5.75 Å². The van der Waals surface area contributed by atoms with E-state index < -0.39 is 0 Å². The van der Waals surface area contributed by atoms with Crippen molar-refractivity contribution < 1.29 is 9.13 Å². The lowest BCUT2D eigenvalue weighted by atomic mass is 10.1. The topological polar surface area (TPSA) is 35.2 Å². The Morgan fingerprint density at radius 2 is 1.95 bits per heavy atom. The zero-order chi connectivity index (χ0) is 15.2. The smallest absolute Gasteiger partial charge is 0.131 e. The fourth-order valence-corrected chi connectivity index (χ4v) is 2.41. The van der Waals surface area contributed by atoms with E-state index in [2.05, 4.69) is 0 Å². The van der Waals surface area contributed by atoms with Gasteiger partial charge >= 0.3 is 0 Å². The third-order valence-corrected chi connectivity index (χ3v) is 3.70. The summed E-state index contributed by atoms with van der Waals surface area (Å²) in [4.78, 5) is 0. The monoisotopic (exact) mass is 327 g/mol. The average molecular weight is 328 g/mol. The molecule has 0 aliphatic carbocycles. The summed E-state index contributed by atoms with van der Waals surface area (Å²) in [6.07, 6.45) is 1.59. The summed E-state index contributed by atoms with van der Waals surface area (Å²) in [5, 5.41) is 0.991. The zero-order valence-electron chi connectivity index (χ0n) is 11.4. The van der Waals surface area contributed by atoms with Crippen LogP contribution in [0.1, 0.15) is 17.5 Å². The first-order valence-electron chi connectivity index (χ1n) is 6.66. The number of hydrogen-bond donors (Lipinski definition) is 1. The van der Waals surface area contributed by atoms with Gasteiger partial charge in [0.15, 0.2) is 0 Å². The number of ether oxygens (including phenoxy) is 1. The van der Waals surface area contributed by atoms with Crippen LogP contribution in [-0.2, 0) is 13.0 Å². The van der Waals surface area contributed by atoms with E-state index in [4.69, 9.17) is 33.7 Å². The Morgan fingerprint density at radius 1 is 1.14 bits per heavy atom. The predicted octanol–water partition coefficient (Wildman–Crippen LogP) is 4.60. The van der Waals surface area contributed by atoms with E-state index in [0.717, 1.165) is 18.4 Å². The second-order valence-corrected chi connectivity index (χ2v) is 5.48. The molecule has 2 rings (SSSR count). The molecule has 0 heterocycles. The molecule has 2 N–H and O–H groups in total. The summed E-state index contributed by atoms with van der Waals surface area (Å²) in [6, 6.07) is 9.93. The first-order chi connectivity index (χ1) is 10.1. The van der Waals surface area contributed by atoms with Crippen molar-refractivity contribution in [3.05, 3.63) is 63.4 Å². The fourth-order valence-electron chi connectivity index (χ4n) is 2.00. The molecule has 0 aromatic heterocycles. The van der Waals surface area contributed by atoms with E-state index in [-0.39, 0.29) is 12.4 Å². The molecule has 0 fully saturated rings. The number of hydrogen-bond acceptors (Lipinski definition) is 2. The molecule has 112 valence electrons. The SMILES string of the molecule is NCCCc1cc(Cl)ccc1OCc1c(F)cccc1Cl. The van der Waals surface area contributed by atoms with Gasteiger partial charge in [0.25, 0.3) is 0 Å². The molecule has 2 aromatic rings. The van der Waals surface area contributed by atoms with E-state index in [0.29, 0.717) is 27.9 Å². The Bertz CT molecular complexity index is 599. The van der Waals surface area contributed by atoms with Crippen molar-refractivity contribution in [3.63, 3.8) is 0 Å². The molecule has 0 spiro atoms. The minimum atomic E-state index is -0.375. The number of nitrogens with two attached hydrogens (primary N) is 1. The van der Waals surface area contributed by atoms with Crippen LogP contribution in [-0.4, -0.2) is 6.54 Å². The molecule has 2 nitrogen and oxygen atoms in total. The Labute approximate surface area is 133 Å². The van der Waals surface area contributed by atoms with Gasteiger partial charge < -0.3 is 10.5 Å². The Kier molecular flexibility index (Phi) is 5.85. The lowest BCUT2D eigenvalue weighted by molar-refractivity contribution is 0.296. The lowest BCUT2D eigenvalue weighted by Gasteiger charge is -2.13. The van der Waals surface area contributed by atoms with Crippen molar-refractivity contribution in [2.24, 2.45) is 5.73 Å². The molecule has 0 saturated carbocycles. The minimum Gasteiger partial charge on any atom is -0.488 e. The number of benzene rings is 2. The molecule has 0 bridgehead atoms. The van der Waals surface area contributed by atoms with Crippen molar-refractivity contribution in [2.75, 3.05) is 6.54 Å². The van der Waals surface area contributed by atoms with Crippen molar-refractivity contribution in [3.8, 4) is 5.75 Å². The van der Waals surface area contributed by atoms with Gasteiger partial charge in [0.2, 0.25) is 0 Å². The zero-order valence-corrected chi connectivity index (χ0v) is 12.9. The highest BCUT2D eigenvalue weighted by Crippen LogP contribution is 2.27. The third-order valence-electron chi connectivity index (χ3n) is 3.11. The maximum Gasteiger partial charge on any atom is 0.131 e. The molecule has 21 heavy (non-hydrogen) atoms. The van der Waals surface area contributed by atoms with Crippen molar-refractivity contribution >= 4 is 23.2 Å². The second-order valence-electron chi connectivity index (χ2n) is 4.63. The van der Waals surface area contributed by atoms with Gasteiger partial charge in [-0.2, -0.15) is 0 Å². The number of aryl methyl sites for hydroxylation is 1. The second kappa shape index (κ2) is 7.64. The van der Waals surface area contributed by atoms with Crippen LogP contribution in [0.25, 0.3) is 0 Å². The first-order valence-corrected chi connectivity index (χ1v) is 7.41. The lowest BCUT2D eigenvalue weighted by Crippen LogP contribution is -2.04. The van der Waals surface area contributed by atoms with Crippen LogP contribution in [0.15, 0.2) is 36.4 Å². The van der Waals surface area contributed by atoms with Gasteiger partial charge in [0.1, 0.15) is 18.2 Å². The third kappa shape index (κ3) is 4.34. The van der Waals surface area contributed by atoms with E-state index >= 15 is 0 Å². The van der Waals surface area contributed by atoms with Crippen LogP contribution in [0.4, 0.5) is 4.39 Å². The van der Waals surface area contributed by atoms with Crippen molar-refractivity contribution in [2.45, 2.75) is 19.4 Å². The average Bonchev–Trinajstić information content (AvgIpc) is 2.46. The molecule has 0 amide bonds. The first kappa shape index (κ1) is 16.1. The van der Waals surface area contributed by atoms with E-state index in [1.54, 1.807) is 24.3 Å². The highest BCUT2D eigenvalue weighted by atomic mass is 35.5. The van der Waals surface area contributed by atoms with Gasteiger partial charge in [-0.15, -0.1) is 0 Å². The van der Waals surface area contributed by atoms with Crippen molar-refractivity contribution in [1.82, 2.24) is 0 Å². The largest absolute Gasteiger partial charge is 0.488 e. The fraction of sp³-hybridized carbons (Fsp3) is 0.250. The summed E-state index contributed by atoms with van der Waals surface area (Å²) in [6.45, 7) is 0.661. The molecular weight excluding hydrogens is 312 g/mol. The van der Waals surface area contributed by atoms with Gasteiger partial charge in [-0.1, -0.05) is 29.3 Å². The quantitative estimate of drug-likeness (QED) is 0.841. The normalized spacial score (nSPS) is 10.7. The summed E-state index contributed by atoms with van der Waals surface area (Å²) in [5.41, 5.74) is 6.83. The molecule has 0 saturated heterocycles. The van der Waals surface area contributed by atoms with E-state index in [1.807, 2.05) is 6.07 Å². The van der Waals surface area contributed by atoms with Gasteiger partial charge in [-0.3, -0.25) is 0 Å². The van der Waals surface area contributed by atoms with Gasteiger partial charge in [-0.25, -0.2) is 4.39 Å². The van der Waals surface area contributed by atoms with Gasteiger partial charge in [-0.05, 0) is 55.3 Å². The van der Waals surface area contributed by atoms with E-state index in [1.165, 1.54) is 6.07 Å². The molecular formula is C16H16Cl2FNO. The van der Waals surface area contributed by atoms with Gasteiger partial charge in [0.05, 0.1) is 5.02 Å². The Hall–Kier alpha value is -1.29. The van der Waals surface area contributed by atoms with Crippen molar-refractivity contribution in [1.29, 1.82) is 0 Å². The van der Waals surface area contributed by atoms with Crippen LogP contribution in [0.3, 0.4) is 0 Å². The van der Waals surface area contributed by atoms with E-state index in [9.17, 15) is 4.39 Å². The molecule has 0 aliphatic heterocycles. The maximum atomic E-state index is 13.7. The van der Waals surface area contributed by atoms with Crippen LogP contribution in [0, 0.1) is 5.82 Å². The molecule has 0 atom stereocenters. The standard InChI is InChI=1S/C16H16Cl2FNO/c17-12-6-7-16(11(9-12)3-2-8-20)21-10-13-14(18)4-1-5-15(13)19/h1,4-7,9H,2-3,8,10,20H2. The Morgan fingerprint density at radius 3 is 2.67 bits per heavy atom. The molecule has 0 aliphatic rings. The summed E-state index contributed by atoms with van der Waals surface area (Å²) in [7, 11) is 0. The van der Waals surface area contributed by atoms with Crippen LogP contribution < -0.4 is 10.5 Å².